The number of hydrogen-bond donors (Lipinski definition) is 1. The second kappa shape index (κ2) is 4.75. The first kappa shape index (κ1) is 11.5. The molecule has 82 valence electrons. The van der Waals surface area contributed by atoms with Crippen LogP contribution in [0, 0.1) is 0 Å². The molecule has 2 unspecified atom stereocenters. The van der Waals surface area contributed by atoms with Crippen LogP contribution in [-0.2, 0) is 4.79 Å². The summed E-state index contributed by atoms with van der Waals surface area (Å²) in [7, 11) is 3.73. The number of aliphatic hydroxyl groups excluding tert-OH is 1. The number of aliphatic hydroxyl groups is 1. The number of amides is 1. The number of hydrogen-bond acceptors (Lipinski definition) is 3. The fraction of sp³-hybridized carbons (Fsp3) is 0.900. The van der Waals surface area contributed by atoms with Crippen molar-refractivity contribution in [3.8, 4) is 0 Å². The van der Waals surface area contributed by atoms with Crippen LogP contribution in [0.5, 0.6) is 0 Å². The molecule has 0 aromatic rings. The monoisotopic (exact) mass is 200 g/mol. The van der Waals surface area contributed by atoms with Gasteiger partial charge in [0, 0.05) is 26.1 Å². The van der Waals surface area contributed by atoms with Crippen molar-refractivity contribution >= 4 is 5.91 Å². The first-order valence-electron chi connectivity index (χ1n) is 5.20. The zero-order valence-corrected chi connectivity index (χ0v) is 9.23. The third-order valence-electron chi connectivity index (χ3n) is 3.02. The van der Waals surface area contributed by atoms with E-state index in [-0.39, 0.29) is 12.1 Å². The lowest BCUT2D eigenvalue weighted by molar-refractivity contribution is -0.130. The van der Waals surface area contributed by atoms with Gasteiger partial charge in [-0.2, -0.15) is 0 Å². The van der Waals surface area contributed by atoms with Gasteiger partial charge in [0.05, 0.1) is 0 Å². The molecule has 14 heavy (non-hydrogen) atoms. The Hall–Kier alpha value is -0.610. The van der Waals surface area contributed by atoms with Gasteiger partial charge in [-0.3, -0.25) is 9.69 Å². The molecule has 1 heterocycles. The molecule has 4 nitrogen and oxygen atoms in total. The van der Waals surface area contributed by atoms with E-state index in [4.69, 9.17) is 0 Å². The molecule has 4 heteroatoms. The van der Waals surface area contributed by atoms with Crippen molar-refractivity contribution in [3.63, 3.8) is 0 Å². The lowest BCUT2D eigenvalue weighted by Gasteiger charge is -2.27. The van der Waals surface area contributed by atoms with Crippen molar-refractivity contribution in [2.45, 2.75) is 38.5 Å². The molecule has 1 fully saturated rings. The molecule has 1 saturated heterocycles. The highest BCUT2D eigenvalue weighted by Crippen LogP contribution is 2.20. The van der Waals surface area contributed by atoms with Crippen LogP contribution in [0.4, 0.5) is 0 Å². The number of likely N-dealkylation sites (N-methyl/N-ethyl adjacent to an activating group) is 2. The maximum absolute atomic E-state index is 11.3. The fourth-order valence-electron chi connectivity index (χ4n) is 1.90. The lowest BCUT2D eigenvalue weighted by atomic mass is 10.2. The van der Waals surface area contributed by atoms with Gasteiger partial charge in [0.2, 0.25) is 5.91 Å². The summed E-state index contributed by atoms with van der Waals surface area (Å²) in [5, 5.41) is 9.50. The molecule has 0 spiro atoms. The van der Waals surface area contributed by atoms with Gasteiger partial charge in [-0.05, 0) is 19.9 Å². The molecular formula is C10H20N2O2. The average Bonchev–Trinajstić information content (AvgIpc) is 2.48. The average molecular weight is 200 g/mol. The topological polar surface area (TPSA) is 43.8 Å². The predicted octanol–water partition coefficient (Wildman–Crippen LogP) is 0.267. The number of carbonyl (C=O) groups excluding carboxylic acids is 1. The van der Waals surface area contributed by atoms with Gasteiger partial charge in [-0.25, -0.2) is 0 Å². The van der Waals surface area contributed by atoms with Crippen LogP contribution < -0.4 is 0 Å². The molecule has 1 rings (SSSR count). The molecule has 0 aliphatic carbocycles. The Kier molecular flexibility index (Phi) is 3.89. The van der Waals surface area contributed by atoms with Gasteiger partial charge < -0.3 is 10.0 Å². The highest BCUT2D eigenvalue weighted by molar-refractivity contribution is 5.75. The van der Waals surface area contributed by atoms with E-state index in [1.54, 1.807) is 4.90 Å². The smallest absolute Gasteiger partial charge is 0.222 e. The Bertz CT molecular complexity index is 208. The van der Waals surface area contributed by atoms with Gasteiger partial charge >= 0.3 is 0 Å². The fourth-order valence-corrected chi connectivity index (χ4v) is 1.90. The summed E-state index contributed by atoms with van der Waals surface area (Å²) in [6.07, 6.45) is 2.01. The summed E-state index contributed by atoms with van der Waals surface area (Å²) >= 11 is 0. The van der Waals surface area contributed by atoms with Crippen molar-refractivity contribution in [3.05, 3.63) is 0 Å². The Labute approximate surface area is 85.5 Å². The van der Waals surface area contributed by atoms with Gasteiger partial charge in [0.1, 0.15) is 6.23 Å². The zero-order valence-electron chi connectivity index (χ0n) is 9.23. The molecule has 2 atom stereocenters. The molecule has 0 saturated carbocycles. The first-order valence-corrected chi connectivity index (χ1v) is 5.20. The maximum Gasteiger partial charge on any atom is 0.222 e. The van der Waals surface area contributed by atoms with Crippen LogP contribution in [0.25, 0.3) is 0 Å². The summed E-state index contributed by atoms with van der Waals surface area (Å²) in [6.45, 7) is 2.59. The SMILES string of the molecule is CCC(=O)N(C)CC1CCC(O)N1C. The van der Waals surface area contributed by atoms with Gasteiger partial charge in [-0.1, -0.05) is 6.92 Å². The van der Waals surface area contributed by atoms with E-state index < -0.39 is 0 Å². The van der Waals surface area contributed by atoms with E-state index in [1.165, 1.54) is 0 Å². The Balaban J connectivity index is 2.41. The molecular weight excluding hydrogens is 180 g/mol. The van der Waals surface area contributed by atoms with Crippen molar-refractivity contribution in [2.24, 2.45) is 0 Å². The summed E-state index contributed by atoms with van der Waals surface area (Å²) in [5.41, 5.74) is 0. The minimum absolute atomic E-state index is 0.166. The third kappa shape index (κ3) is 2.45. The highest BCUT2D eigenvalue weighted by Gasteiger charge is 2.29. The second-order valence-corrected chi connectivity index (χ2v) is 4.01. The van der Waals surface area contributed by atoms with Crippen LogP contribution in [-0.4, -0.2) is 53.7 Å². The van der Waals surface area contributed by atoms with Gasteiger partial charge in [-0.15, -0.1) is 0 Å². The van der Waals surface area contributed by atoms with Crippen LogP contribution >= 0.6 is 0 Å². The number of rotatable bonds is 3. The normalized spacial score (nSPS) is 28.0. The first-order chi connectivity index (χ1) is 6.56. The van der Waals surface area contributed by atoms with Crippen LogP contribution in [0.15, 0.2) is 0 Å². The van der Waals surface area contributed by atoms with E-state index >= 15 is 0 Å². The maximum atomic E-state index is 11.3. The lowest BCUT2D eigenvalue weighted by Crippen LogP contribution is -2.41. The molecule has 1 N–H and O–H groups in total. The Morgan fingerprint density at radius 2 is 2.21 bits per heavy atom. The number of carbonyl (C=O) groups is 1. The Morgan fingerprint density at radius 1 is 1.57 bits per heavy atom. The standard InChI is InChI=1S/C10H20N2O2/c1-4-9(13)11(2)7-8-5-6-10(14)12(8)3/h8,10,14H,4-7H2,1-3H3. The number of nitrogens with zero attached hydrogens (tertiary/aromatic N) is 2. The van der Waals surface area contributed by atoms with E-state index in [0.717, 1.165) is 19.4 Å². The van der Waals surface area contributed by atoms with Crippen molar-refractivity contribution in [2.75, 3.05) is 20.6 Å². The molecule has 1 aliphatic rings. The molecule has 0 aromatic carbocycles. The largest absolute Gasteiger partial charge is 0.378 e. The summed E-state index contributed by atoms with van der Waals surface area (Å²) in [6, 6.07) is 0.311. The molecule has 0 bridgehead atoms. The van der Waals surface area contributed by atoms with E-state index in [1.807, 2.05) is 25.9 Å². The van der Waals surface area contributed by atoms with Gasteiger partial charge in [0.15, 0.2) is 0 Å². The quantitative estimate of drug-likeness (QED) is 0.711. The van der Waals surface area contributed by atoms with Crippen molar-refractivity contribution in [1.82, 2.24) is 9.80 Å². The highest BCUT2D eigenvalue weighted by atomic mass is 16.3. The van der Waals surface area contributed by atoms with Crippen molar-refractivity contribution < 1.29 is 9.90 Å². The van der Waals surface area contributed by atoms with Crippen LogP contribution in [0.3, 0.4) is 0 Å². The van der Waals surface area contributed by atoms with E-state index in [2.05, 4.69) is 0 Å². The van der Waals surface area contributed by atoms with Crippen LogP contribution in [0.1, 0.15) is 26.2 Å². The molecule has 0 aromatic heterocycles. The van der Waals surface area contributed by atoms with Crippen molar-refractivity contribution in [1.29, 1.82) is 0 Å². The summed E-state index contributed by atoms with van der Waals surface area (Å²) < 4.78 is 0. The minimum Gasteiger partial charge on any atom is -0.378 e. The van der Waals surface area contributed by atoms with Gasteiger partial charge in [0.25, 0.3) is 0 Å². The number of likely N-dealkylation sites (tertiary alicyclic amines) is 1. The molecule has 0 radical (unpaired) electrons. The third-order valence-corrected chi connectivity index (χ3v) is 3.02. The van der Waals surface area contributed by atoms with E-state index in [9.17, 15) is 9.90 Å². The Morgan fingerprint density at radius 3 is 2.64 bits per heavy atom. The summed E-state index contributed by atoms with van der Waals surface area (Å²) in [5.74, 6) is 0.166. The predicted molar refractivity (Wildman–Crippen MR) is 54.7 cm³/mol. The molecule has 1 aliphatic heterocycles. The summed E-state index contributed by atoms with van der Waals surface area (Å²) in [4.78, 5) is 15.0. The second-order valence-electron chi connectivity index (χ2n) is 4.01. The zero-order chi connectivity index (χ0) is 10.7. The van der Waals surface area contributed by atoms with Crippen LogP contribution in [0.2, 0.25) is 0 Å². The van der Waals surface area contributed by atoms with E-state index in [0.29, 0.717) is 12.5 Å². The molecule has 1 amide bonds. The minimum atomic E-state index is -0.329.